The van der Waals surface area contributed by atoms with Crippen LogP contribution in [0.3, 0.4) is 0 Å². The maximum Gasteiger partial charge on any atom is 0.327 e. The van der Waals surface area contributed by atoms with E-state index in [4.69, 9.17) is 21.7 Å². The van der Waals surface area contributed by atoms with Crippen molar-refractivity contribution in [2.45, 2.75) is 31.0 Å². The molecule has 0 aliphatic heterocycles. The summed E-state index contributed by atoms with van der Waals surface area (Å²) in [5.74, 6) is -7.07. The Labute approximate surface area is 158 Å². The van der Waals surface area contributed by atoms with Gasteiger partial charge in [0.15, 0.2) is 0 Å². The van der Waals surface area contributed by atoms with E-state index in [9.17, 15) is 28.8 Å². The van der Waals surface area contributed by atoms with Gasteiger partial charge in [0.25, 0.3) is 0 Å². The second kappa shape index (κ2) is 11.7. The number of hydrogen-bond donors (Lipinski definition) is 8. The van der Waals surface area contributed by atoms with Crippen molar-refractivity contribution in [2.24, 2.45) is 11.5 Å². The molecule has 0 heterocycles. The molecule has 0 aromatic rings. The minimum Gasteiger partial charge on any atom is -0.481 e. The zero-order valence-electron chi connectivity index (χ0n) is 14.0. The molecule has 0 bridgehead atoms. The summed E-state index contributed by atoms with van der Waals surface area (Å²) in [7, 11) is 0. The predicted molar refractivity (Wildman–Crippen MR) is 92.4 cm³/mol. The molecular weight excluding hydrogens is 386 g/mol. The zero-order chi connectivity index (χ0) is 21.1. The van der Waals surface area contributed by atoms with Crippen LogP contribution in [-0.2, 0) is 28.8 Å². The third kappa shape index (κ3) is 9.41. The number of carboxylic acids is 2. The minimum atomic E-state index is -1.59. The molecule has 13 nitrogen and oxygen atoms in total. The highest BCUT2D eigenvalue weighted by Gasteiger charge is 2.31. The van der Waals surface area contributed by atoms with Gasteiger partial charge in [0.05, 0.1) is 19.4 Å². The first-order valence-electron chi connectivity index (χ1n) is 7.45. The van der Waals surface area contributed by atoms with Crippen LogP contribution in [0.5, 0.6) is 0 Å². The Morgan fingerprint density at radius 2 is 1.33 bits per heavy atom. The van der Waals surface area contributed by atoms with Crippen LogP contribution in [0.15, 0.2) is 0 Å². The number of nitrogens with one attached hydrogen (secondary N) is 3. The Balaban J connectivity index is 5.32. The van der Waals surface area contributed by atoms with E-state index in [2.05, 4.69) is 23.3 Å². The molecule has 3 atom stereocenters. The van der Waals surface area contributed by atoms with Crippen molar-refractivity contribution in [3.8, 4) is 0 Å². The molecule has 152 valence electrons. The second-order valence-electron chi connectivity index (χ2n) is 5.24. The van der Waals surface area contributed by atoms with Crippen LogP contribution >= 0.6 is 12.6 Å². The Hall–Kier alpha value is -2.87. The molecule has 0 aromatic heterocycles. The van der Waals surface area contributed by atoms with E-state index >= 15 is 0 Å². The molecule has 4 amide bonds. The molecule has 3 unspecified atom stereocenters. The van der Waals surface area contributed by atoms with Crippen molar-refractivity contribution in [1.29, 1.82) is 0 Å². The van der Waals surface area contributed by atoms with Crippen LogP contribution in [0, 0.1) is 0 Å². The number of nitrogens with two attached hydrogens (primary N) is 2. The normalized spacial score (nSPS) is 13.6. The van der Waals surface area contributed by atoms with Crippen LogP contribution < -0.4 is 27.4 Å². The maximum absolute atomic E-state index is 12.2. The van der Waals surface area contributed by atoms with Crippen molar-refractivity contribution in [1.82, 2.24) is 16.0 Å². The standard InChI is InChI=1S/C13H21N5O8S/c14-3-9(20)16-6(2-10(21)22)12(24)17-5(1-8(15)19)11(23)18-7(4-27)13(25)26/h5-7,27H,1-4,14H2,(H2,15,19)(H,16,20)(H,17,24)(H,18,23)(H,21,22)(H,25,26). The molecule has 0 aliphatic carbocycles. The maximum atomic E-state index is 12.2. The van der Waals surface area contributed by atoms with Crippen LogP contribution in [0.2, 0.25) is 0 Å². The summed E-state index contributed by atoms with van der Waals surface area (Å²) in [6.07, 6.45) is -1.52. The average molecular weight is 407 g/mol. The first-order chi connectivity index (χ1) is 12.5. The summed E-state index contributed by atoms with van der Waals surface area (Å²) in [6.45, 7) is -0.517. The molecule has 0 aromatic carbocycles. The van der Waals surface area contributed by atoms with Crippen molar-refractivity contribution in [3.05, 3.63) is 0 Å². The van der Waals surface area contributed by atoms with Gasteiger partial charge in [-0.25, -0.2) is 4.79 Å². The highest BCUT2D eigenvalue weighted by molar-refractivity contribution is 7.80. The number of thiol groups is 1. The Morgan fingerprint density at radius 3 is 1.70 bits per heavy atom. The van der Waals surface area contributed by atoms with E-state index in [1.807, 2.05) is 5.32 Å². The molecule has 0 spiro atoms. The number of carbonyl (C=O) groups is 6. The smallest absolute Gasteiger partial charge is 0.327 e. The second-order valence-corrected chi connectivity index (χ2v) is 5.60. The number of aliphatic carboxylic acids is 2. The van der Waals surface area contributed by atoms with Gasteiger partial charge in [-0.3, -0.25) is 24.0 Å². The van der Waals surface area contributed by atoms with Crippen molar-refractivity contribution in [2.75, 3.05) is 12.3 Å². The summed E-state index contributed by atoms with van der Waals surface area (Å²) >= 11 is 3.76. The van der Waals surface area contributed by atoms with E-state index < -0.39 is 73.1 Å². The van der Waals surface area contributed by atoms with Gasteiger partial charge in [-0.05, 0) is 0 Å². The predicted octanol–water partition coefficient (Wildman–Crippen LogP) is -4.24. The molecular formula is C13H21N5O8S. The number of carbonyl (C=O) groups excluding carboxylic acids is 4. The Morgan fingerprint density at radius 1 is 0.852 bits per heavy atom. The van der Waals surface area contributed by atoms with Gasteiger partial charge in [0, 0.05) is 5.75 Å². The van der Waals surface area contributed by atoms with E-state index in [-0.39, 0.29) is 5.75 Å². The van der Waals surface area contributed by atoms with Gasteiger partial charge in [-0.1, -0.05) is 0 Å². The lowest BCUT2D eigenvalue weighted by Gasteiger charge is -2.22. The van der Waals surface area contributed by atoms with Gasteiger partial charge in [0.1, 0.15) is 18.1 Å². The third-order valence-electron chi connectivity index (χ3n) is 3.05. The number of rotatable bonds is 12. The van der Waals surface area contributed by atoms with Crippen molar-refractivity contribution in [3.63, 3.8) is 0 Å². The fourth-order valence-corrected chi connectivity index (χ4v) is 2.03. The molecule has 0 rings (SSSR count). The van der Waals surface area contributed by atoms with Gasteiger partial charge in [0.2, 0.25) is 23.6 Å². The van der Waals surface area contributed by atoms with Gasteiger partial charge < -0.3 is 37.6 Å². The SMILES string of the molecule is NCC(=O)NC(CC(=O)O)C(=O)NC(CC(N)=O)C(=O)NC(CS)C(=O)O. The van der Waals surface area contributed by atoms with Crippen molar-refractivity contribution >= 4 is 48.2 Å². The number of hydrogen-bond acceptors (Lipinski definition) is 8. The van der Waals surface area contributed by atoms with Gasteiger partial charge >= 0.3 is 11.9 Å². The first kappa shape index (κ1) is 24.1. The molecule has 14 heteroatoms. The van der Waals surface area contributed by atoms with E-state index in [1.54, 1.807) is 0 Å². The summed E-state index contributed by atoms with van der Waals surface area (Å²) < 4.78 is 0. The fourth-order valence-electron chi connectivity index (χ4n) is 1.78. The monoisotopic (exact) mass is 407 g/mol. The lowest BCUT2D eigenvalue weighted by molar-refractivity contribution is -0.143. The fraction of sp³-hybridized carbons (Fsp3) is 0.538. The Kier molecular flexibility index (Phi) is 10.4. The molecule has 0 saturated carbocycles. The van der Waals surface area contributed by atoms with Crippen LogP contribution in [0.1, 0.15) is 12.8 Å². The van der Waals surface area contributed by atoms with E-state index in [1.165, 1.54) is 0 Å². The molecule has 0 fully saturated rings. The lowest BCUT2D eigenvalue weighted by atomic mass is 10.1. The van der Waals surface area contributed by atoms with Gasteiger partial charge in [-0.2, -0.15) is 12.6 Å². The minimum absolute atomic E-state index is 0.271. The van der Waals surface area contributed by atoms with Crippen LogP contribution in [-0.4, -0.2) is 76.2 Å². The van der Waals surface area contributed by atoms with Crippen molar-refractivity contribution < 1.29 is 39.0 Å². The summed E-state index contributed by atoms with van der Waals surface area (Å²) in [5.41, 5.74) is 10.1. The van der Waals surface area contributed by atoms with Crippen LogP contribution in [0.4, 0.5) is 0 Å². The summed E-state index contributed by atoms with van der Waals surface area (Å²) in [5, 5.41) is 23.9. The van der Waals surface area contributed by atoms with Crippen LogP contribution in [0.25, 0.3) is 0 Å². The number of primary amides is 1. The highest BCUT2D eigenvalue weighted by atomic mass is 32.1. The molecule has 0 radical (unpaired) electrons. The van der Waals surface area contributed by atoms with E-state index in [0.717, 1.165) is 0 Å². The molecule has 0 saturated heterocycles. The largest absolute Gasteiger partial charge is 0.481 e. The van der Waals surface area contributed by atoms with E-state index in [0.29, 0.717) is 0 Å². The van der Waals surface area contributed by atoms with Gasteiger partial charge in [-0.15, -0.1) is 0 Å². The molecule has 0 aliphatic rings. The first-order valence-corrected chi connectivity index (χ1v) is 8.09. The Bertz CT molecular complexity index is 614. The lowest BCUT2D eigenvalue weighted by Crippen LogP contribution is -2.57. The highest BCUT2D eigenvalue weighted by Crippen LogP contribution is 2.00. The molecule has 9 N–H and O–H groups in total. The zero-order valence-corrected chi connectivity index (χ0v) is 14.9. The number of carboxylic acid groups (broad SMARTS) is 2. The third-order valence-corrected chi connectivity index (χ3v) is 3.42. The average Bonchev–Trinajstić information content (AvgIpc) is 2.56. The summed E-state index contributed by atoms with van der Waals surface area (Å²) in [4.78, 5) is 68.6. The topological polar surface area (TPSA) is 231 Å². The quantitative estimate of drug-likeness (QED) is 0.146. The molecule has 27 heavy (non-hydrogen) atoms. The number of amides is 4. The summed E-state index contributed by atoms with van der Waals surface area (Å²) in [6, 6.07) is -4.58.